The van der Waals surface area contributed by atoms with Gasteiger partial charge in [0.2, 0.25) is 0 Å². The van der Waals surface area contributed by atoms with E-state index < -0.39 is 12.2 Å². The van der Waals surface area contributed by atoms with Gasteiger partial charge in [0.1, 0.15) is 5.82 Å². The molecule has 1 aromatic carbocycles. The molecule has 1 aliphatic rings. The van der Waals surface area contributed by atoms with E-state index in [1.165, 1.54) is 6.07 Å². The minimum absolute atomic E-state index is 0.0504. The summed E-state index contributed by atoms with van der Waals surface area (Å²) in [7, 11) is 3.92. The predicted molar refractivity (Wildman–Crippen MR) is 77.3 cm³/mol. The van der Waals surface area contributed by atoms with Gasteiger partial charge in [-0.15, -0.1) is 0 Å². The molecule has 1 aliphatic heterocycles. The molecule has 1 fully saturated rings. The molecular weight excluding hydrogens is 259 g/mol. The second-order valence-corrected chi connectivity index (χ2v) is 5.81. The Labute approximate surface area is 119 Å². The summed E-state index contributed by atoms with van der Waals surface area (Å²) in [4.78, 5) is 3.92. The second-order valence-electron chi connectivity index (χ2n) is 5.81. The molecule has 2 unspecified atom stereocenters. The lowest BCUT2D eigenvalue weighted by Gasteiger charge is -2.31. The lowest BCUT2D eigenvalue weighted by molar-refractivity contribution is 0.191. The lowest BCUT2D eigenvalue weighted by Crippen LogP contribution is -2.38. The van der Waals surface area contributed by atoms with Crippen molar-refractivity contribution in [2.75, 3.05) is 32.1 Å². The highest BCUT2D eigenvalue weighted by molar-refractivity contribution is 5.57. The maximum absolute atomic E-state index is 14.3. The van der Waals surface area contributed by atoms with Gasteiger partial charge in [-0.05, 0) is 33.5 Å². The number of hydrogen-bond donors (Lipinski definition) is 2. The summed E-state index contributed by atoms with van der Waals surface area (Å²) >= 11 is 0. The Morgan fingerprint density at radius 1 is 1.45 bits per heavy atom. The number of rotatable bonds is 4. The molecule has 3 atom stereocenters. The first-order chi connectivity index (χ1) is 9.40. The summed E-state index contributed by atoms with van der Waals surface area (Å²) in [5.74, 6) is -0.346. The smallest absolute Gasteiger partial charge is 0.146 e. The molecule has 0 spiro atoms. The third-order valence-corrected chi connectivity index (χ3v) is 3.72. The van der Waals surface area contributed by atoms with Crippen molar-refractivity contribution in [3.05, 3.63) is 29.6 Å². The van der Waals surface area contributed by atoms with Crippen LogP contribution in [0.4, 0.5) is 10.1 Å². The summed E-state index contributed by atoms with van der Waals surface area (Å²) in [5.41, 5.74) is 0.994. The van der Waals surface area contributed by atoms with E-state index in [9.17, 15) is 14.6 Å². The van der Waals surface area contributed by atoms with Crippen LogP contribution in [0.5, 0.6) is 0 Å². The van der Waals surface area contributed by atoms with E-state index in [0.717, 1.165) is 6.54 Å². The minimum atomic E-state index is -0.738. The van der Waals surface area contributed by atoms with Gasteiger partial charge in [0.25, 0.3) is 0 Å². The molecule has 2 N–H and O–H groups in total. The van der Waals surface area contributed by atoms with Crippen LogP contribution in [0.3, 0.4) is 0 Å². The Kier molecular flexibility index (Phi) is 4.62. The molecule has 1 aromatic rings. The van der Waals surface area contributed by atoms with E-state index in [4.69, 9.17) is 0 Å². The van der Waals surface area contributed by atoms with Crippen LogP contribution < -0.4 is 4.90 Å². The van der Waals surface area contributed by atoms with Gasteiger partial charge in [-0.1, -0.05) is 12.1 Å². The zero-order chi connectivity index (χ0) is 14.9. The zero-order valence-corrected chi connectivity index (χ0v) is 12.3. The fraction of sp³-hybridized carbons (Fsp3) is 0.600. The van der Waals surface area contributed by atoms with Crippen LogP contribution in [0.25, 0.3) is 0 Å². The normalized spacial score (nSPS) is 24.4. The number of β-amino-alcohol motifs (C(OH)–C–C–N with tert-alkyl or cyclic N) is 1. The minimum Gasteiger partial charge on any atom is -0.391 e. The number of anilines is 1. The first kappa shape index (κ1) is 15.2. The van der Waals surface area contributed by atoms with Crippen LogP contribution >= 0.6 is 0 Å². The summed E-state index contributed by atoms with van der Waals surface area (Å²) in [6, 6.07) is 4.79. The van der Waals surface area contributed by atoms with E-state index in [0.29, 0.717) is 24.2 Å². The average Bonchev–Trinajstić information content (AvgIpc) is 2.68. The zero-order valence-electron chi connectivity index (χ0n) is 12.3. The van der Waals surface area contributed by atoms with E-state index in [-0.39, 0.29) is 11.9 Å². The third-order valence-electron chi connectivity index (χ3n) is 3.72. The number of hydrogen-bond acceptors (Lipinski definition) is 4. The Hall–Kier alpha value is -1.17. The molecule has 1 heterocycles. The maximum Gasteiger partial charge on any atom is 0.146 e. The molecule has 0 saturated carbocycles. The van der Waals surface area contributed by atoms with Crippen molar-refractivity contribution in [1.29, 1.82) is 0 Å². The fourth-order valence-corrected chi connectivity index (χ4v) is 2.93. The van der Waals surface area contributed by atoms with Crippen molar-refractivity contribution in [3.8, 4) is 0 Å². The standard InChI is InChI=1S/C15H23FN2O2/c1-10(19)13-5-4-6-14(16)15(13)18-9-12(20)7-11(18)8-17(2)3/h4-6,10-12,19-20H,7-9H2,1-3H3/t10-,11?,12?/m1/s1. The maximum atomic E-state index is 14.3. The molecule has 0 radical (unpaired) electrons. The summed E-state index contributed by atoms with van der Waals surface area (Å²) < 4.78 is 14.3. The number of halogens is 1. The van der Waals surface area contributed by atoms with Crippen LogP contribution in [0.15, 0.2) is 18.2 Å². The molecule has 5 heteroatoms. The highest BCUT2D eigenvalue weighted by atomic mass is 19.1. The van der Waals surface area contributed by atoms with Crippen LogP contribution in [-0.2, 0) is 0 Å². The van der Waals surface area contributed by atoms with E-state index in [1.54, 1.807) is 19.1 Å². The van der Waals surface area contributed by atoms with Crippen molar-refractivity contribution >= 4 is 5.69 Å². The Morgan fingerprint density at radius 3 is 2.75 bits per heavy atom. The van der Waals surface area contributed by atoms with Crippen molar-refractivity contribution in [3.63, 3.8) is 0 Å². The number of likely N-dealkylation sites (N-methyl/N-ethyl adjacent to an activating group) is 1. The predicted octanol–water partition coefficient (Wildman–Crippen LogP) is 1.38. The topological polar surface area (TPSA) is 46.9 Å². The summed E-state index contributed by atoms with van der Waals surface area (Å²) in [5, 5.41) is 19.8. The number of nitrogens with zero attached hydrogens (tertiary/aromatic N) is 2. The SMILES string of the molecule is C[C@@H](O)c1cccc(F)c1N1CC(O)CC1CN(C)C. The molecule has 0 amide bonds. The molecule has 2 rings (SSSR count). The number of aliphatic hydroxyl groups is 2. The summed E-state index contributed by atoms with van der Waals surface area (Å²) in [6.45, 7) is 2.77. The Bertz CT molecular complexity index is 465. The van der Waals surface area contributed by atoms with Gasteiger partial charge < -0.3 is 20.0 Å². The van der Waals surface area contributed by atoms with Gasteiger partial charge in [-0.2, -0.15) is 0 Å². The molecule has 1 saturated heterocycles. The molecule has 0 aromatic heterocycles. The Balaban J connectivity index is 2.38. The van der Waals surface area contributed by atoms with Crippen LogP contribution in [0.2, 0.25) is 0 Å². The monoisotopic (exact) mass is 282 g/mol. The van der Waals surface area contributed by atoms with Gasteiger partial charge >= 0.3 is 0 Å². The molecule has 20 heavy (non-hydrogen) atoms. The van der Waals surface area contributed by atoms with Gasteiger partial charge in [-0.25, -0.2) is 4.39 Å². The van der Waals surface area contributed by atoms with Gasteiger partial charge in [-0.3, -0.25) is 0 Å². The van der Waals surface area contributed by atoms with E-state index in [2.05, 4.69) is 0 Å². The first-order valence-corrected chi connectivity index (χ1v) is 6.96. The van der Waals surface area contributed by atoms with E-state index >= 15 is 0 Å². The highest BCUT2D eigenvalue weighted by Crippen LogP contribution is 2.34. The van der Waals surface area contributed by atoms with Crippen molar-refractivity contribution in [1.82, 2.24) is 4.90 Å². The van der Waals surface area contributed by atoms with Gasteiger partial charge in [0.15, 0.2) is 0 Å². The van der Waals surface area contributed by atoms with Crippen molar-refractivity contribution in [2.45, 2.75) is 31.6 Å². The molecule has 0 aliphatic carbocycles. The lowest BCUT2D eigenvalue weighted by atomic mass is 10.1. The molecule has 0 bridgehead atoms. The molecule has 112 valence electrons. The number of aliphatic hydroxyl groups excluding tert-OH is 2. The van der Waals surface area contributed by atoms with Crippen LogP contribution in [0, 0.1) is 5.82 Å². The first-order valence-electron chi connectivity index (χ1n) is 6.96. The van der Waals surface area contributed by atoms with Crippen molar-refractivity contribution in [2.24, 2.45) is 0 Å². The van der Waals surface area contributed by atoms with Crippen molar-refractivity contribution < 1.29 is 14.6 Å². The third kappa shape index (κ3) is 3.11. The van der Waals surface area contributed by atoms with Crippen LogP contribution in [0.1, 0.15) is 25.0 Å². The quantitative estimate of drug-likeness (QED) is 0.876. The second kappa shape index (κ2) is 6.08. The largest absolute Gasteiger partial charge is 0.391 e. The van der Waals surface area contributed by atoms with Gasteiger partial charge in [0, 0.05) is 24.7 Å². The van der Waals surface area contributed by atoms with Gasteiger partial charge in [0.05, 0.1) is 17.9 Å². The highest BCUT2D eigenvalue weighted by Gasteiger charge is 2.34. The van der Waals surface area contributed by atoms with Crippen LogP contribution in [-0.4, -0.2) is 54.4 Å². The molecular formula is C15H23FN2O2. The average molecular weight is 282 g/mol. The number of para-hydroxylation sites is 1. The Morgan fingerprint density at radius 2 is 2.15 bits per heavy atom. The molecule has 4 nitrogen and oxygen atoms in total. The number of benzene rings is 1. The fourth-order valence-electron chi connectivity index (χ4n) is 2.93. The summed E-state index contributed by atoms with van der Waals surface area (Å²) in [6.07, 6.45) is -0.578. The van der Waals surface area contributed by atoms with E-state index in [1.807, 2.05) is 23.9 Å².